The number of hydrogen-bond acceptors (Lipinski definition) is 4. The minimum absolute atomic E-state index is 0.0867. The second kappa shape index (κ2) is 7.55. The summed E-state index contributed by atoms with van der Waals surface area (Å²) >= 11 is 0. The Labute approximate surface area is 188 Å². The number of allylic oxidation sites excluding steroid dienone is 1. The van der Waals surface area contributed by atoms with Crippen molar-refractivity contribution in [3.8, 4) is 0 Å². The maximum absolute atomic E-state index is 13.5. The van der Waals surface area contributed by atoms with Gasteiger partial charge in [0.1, 0.15) is 11.6 Å². The molecule has 3 aliphatic carbocycles. The van der Waals surface area contributed by atoms with Crippen molar-refractivity contribution in [3.63, 3.8) is 0 Å². The number of nitrogens with zero attached hydrogens (tertiary/aromatic N) is 3. The maximum atomic E-state index is 13.5. The Kier molecular flexibility index (Phi) is 4.75. The molecule has 6 heteroatoms. The molecule has 5 nitrogen and oxygen atoms in total. The molecule has 2 fully saturated rings. The molecule has 1 atom stereocenters. The van der Waals surface area contributed by atoms with E-state index < -0.39 is 0 Å². The third-order valence-corrected chi connectivity index (χ3v) is 8.19. The quantitative estimate of drug-likeness (QED) is 0.797. The molecule has 1 aromatic carbocycles. The minimum atomic E-state index is -0.172. The second-order valence-electron chi connectivity index (χ2n) is 10.3. The zero-order valence-corrected chi connectivity index (χ0v) is 18.8. The van der Waals surface area contributed by atoms with Crippen molar-refractivity contribution in [2.24, 2.45) is 5.41 Å². The van der Waals surface area contributed by atoms with Crippen molar-refractivity contribution in [1.29, 1.82) is 0 Å². The molecule has 0 radical (unpaired) electrons. The average molecular weight is 435 g/mol. The largest absolute Gasteiger partial charge is 0.369 e. The van der Waals surface area contributed by atoms with Crippen molar-refractivity contribution < 1.29 is 4.39 Å². The van der Waals surface area contributed by atoms with Crippen LogP contribution in [0.25, 0.3) is 5.57 Å². The summed E-state index contributed by atoms with van der Waals surface area (Å²) in [7, 11) is 0. The van der Waals surface area contributed by atoms with Gasteiger partial charge in [-0.2, -0.15) is 0 Å². The normalized spacial score (nSPS) is 24.5. The van der Waals surface area contributed by atoms with Crippen molar-refractivity contribution in [1.82, 2.24) is 14.9 Å². The standard InChI is InChI=1S/C26H31FN4O/c1-17-14-19(27)3-5-23(17)31-12-10-30(11-13-31)20-4-2-18(15-20)24-28-22-6-7-26(8-9-26)16-21(22)25(32)29-24/h3,5,14-15,20H,2,4,6-13,16H2,1H3,(H,28,29,32)/t20-/m1/s1. The highest BCUT2D eigenvalue weighted by atomic mass is 19.1. The molecule has 2 heterocycles. The van der Waals surface area contributed by atoms with E-state index in [9.17, 15) is 9.18 Å². The lowest BCUT2D eigenvalue weighted by Gasteiger charge is -2.39. The topological polar surface area (TPSA) is 52.2 Å². The first-order valence-corrected chi connectivity index (χ1v) is 12.1. The summed E-state index contributed by atoms with van der Waals surface area (Å²) in [6.07, 6.45) is 9.98. The smallest absolute Gasteiger partial charge is 0.254 e. The number of benzene rings is 1. The highest BCUT2D eigenvalue weighted by Gasteiger charge is 2.45. The summed E-state index contributed by atoms with van der Waals surface area (Å²) in [6.45, 7) is 5.85. The molecule has 0 amide bonds. The number of hydrogen-bond donors (Lipinski definition) is 1. The molecular weight excluding hydrogens is 403 g/mol. The highest BCUT2D eigenvalue weighted by molar-refractivity contribution is 5.63. The van der Waals surface area contributed by atoms with Gasteiger partial charge in [-0.15, -0.1) is 0 Å². The van der Waals surface area contributed by atoms with Crippen LogP contribution in [0.15, 0.2) is 29.1 Å². The number of anilines is 1. The molecule has 2 aromatic rings. The van der Waals surface area contributed by atoms with Crippen LogP contribution in [0.3, 0.4) is 0 Å². The Bertz CT molecular complexity index is 1140. The van der Waals surface area contributed by atoms with E-state index in [1.165, 1.54) is 24.8 Å². The van der Waals surface area contributed by atoms with Crippen molar-refractivity contribution in [2.75, 3.05) is 31.1 Å². The zero-order valence-electron chi connectivity index (χ0n) is 18.8. The SMILES string of the molecule is Cc1cc(F)ccc1N1CCN([C@H]2C=C(c3nc4c(c(=O)[nH]3)CC3(CC4)CC3)CC2)CC1. The summed E-state index contributed by atoms with van der Waals surface area (Å²) in [5.41, 5.74) is 5.82. The molecule has 0 bridgehead atoms. The van der Waals surface area contributed by atoms with Crippen LogP contribution in [-0.4, -0.2) is 47.1 Å². The van der Waals surface area contributed by atoms with Gasteiger partial charge in [-0.1, -0.05) is 6.08 Å². The van der Waals surface area contributed by atoms with Gasteiger partial charge in [0.25, 0.3) is 5.56 Å². The van der Waals surface area contributed by atoms with Crippen molar-refractivity contribution in [3.05, 3.63) is 63.1 Å². The third kappa shape index (κ3) is 3.58. The lowest BCUT2D eigenvalue weighted by Crippen LogP contribution is -2.49. The average Bonchev–Trinajstić information content (AvgIpc) is 3.35. The van der Waals surface area contributed by atoms with Gasteiger partial charge in [0.15, 0.2) is 0 Å². The van der Waals surface area contributed by atoms with Crippen molar-refractivity contribution >= 4 is 11.3 Å². The molecule has 168 valence electrons. The molecule has 1 aliphatic heterocycles. The maximum Gasteiger partial charge on any atom is 0.254 e. The summed E-state index contributed by atoms with van der Waals surface area (Å²) in [5.74, 6) is 0.623. The van der Waals surface area contributed by atoms with Crippen LogP contribution in [0.5, 0.6) is 0 Å². The van der Waals surface area contributed by atoms with Gasteiger partial charge in [0.05, 0.1) is 5.69 Å². The monoisotopic (exact) mass is 434 g/mol. The fourth-order valence-electron chi connectivity index (χ4n) is 5.99. The van der Waals surface area contributed by atoms with Crippen LogP contribution in [0.1, 0.15) is 54.7 Å². The van der Waals surface area contributed by atoms with Gasteiger partial charge < -0.3 is 9.88 Å². The lowest BCUT2D eigenvalue weighted by molar-refractivity contribution is 0.214. The fraction of sp³-hybridized carbons (Fsp3) is 0.538. The van der Waals surface area contributed by atoms with Crippen LogP contribution in [-0.2, 0) is 12.8 Å². The third-order valence-electron chi connectivity index (χ3n) is 8.19. The predicted octanol–water partition coefficient (Wildman–Crippen LogP) is 3.85. The van der Waals surface area contributed by atoms with Crippen LogP contribution >= 0.6 is 0 Å². The van der Waals surface area contributed by atoms with Crippen LogP contribution in [0.4, 0.5) is 10.1 Å². The van der Waals surface area contributed by atoms with Crippen molar-refractivity contribution in [2.45, 2.75) is 57.9 Å². The van der Waals surface area contributed by atoms with E-state index in [1.807, 2.05) is 13.0 Å². The molecule has 0 unspecified atom stereocenters. The van der Waals surface area contributed by atoms with Crippen LogP contribution in [0, 0.1) is 18.2 Å². The number of aryl methyl sites for hydroxylation is 2. The highest BCUT2D eigenvalue weighted by Crippen LogP contribution is 2.53. The van der Waals surface area contributed by atoms with Gasteiger partial charge in [-0.05, 0) is 86.6 Å². The predicted molar refractivity (Wildman–Crippen MR) is 124 cm³/mol. The van der Waals surface area contributed by atoms with Gasteiger partial charge in [-0.3, -0.25) is 9.69 Å². The molecule has 1 saturated heterocycles. The zero-order chi connectivity index (χ0) is 21.9. The van der Waals surface area contributed by atoms with Crippen LogP contribution in [0.2, 0.25) is 0 Å². The number of piperazine rings is 1. The van der Waals surface area contributed by atoms with Gasteiger partial charge in [0, 0.05) is 43.5 Å². The van der Waals surface area contributed by atoms with Gasteiger partial charge in [-0.25, -0.2) is 9.37 Å². The number of aromatic amines is 1. The molecule has 32 heavy (non-hydrogen) atoms. The van der Waals surface area contributed by atoms with Gasteiger partial charge >= 0.3 is 0 Å². The first-order valence-electron chi connectivity index (χ1n) is 12.1. The Morgan fingerprint density at radius 2 is 1.94 bits per heavy atom. The fourth-order valence-corrected chi connectivity index (χ4v) is 5.99. The molecule has 6 rings (SSSR count). The minimum Gasteiger partial charge on any atom is -0.369 e. The molecule has 1 aromatic heterocycles. The van der Waals surface area contributed by atoms with E-state index in [4.69, 9.17) is 4.98 Å². The summed E-state index contributed by atoms with van der Waals surface area (Å²) < 4.78 is 13.5. The number of fused-ring (bicyclic) bond motifs is 1. The molecule has 1 N–H and O–H groups in total. The van der Waals surface area contributed by atoms with Gasteiger partial charge in [0.2, 0.25) is 0 Å². The number of halogens is 1. The number of aromatic nitrogens is 2. The Morgan fingerprint density at radius 3 is 2.69 bits per heavy atom. The van der Waals surface area contributed by atoms with E-state index in [-0.39, 0.29) is 11.4 Å². The Morgan fingerprint density at radius 1 is 1.12 bits per heavy atom. The molecule has 4 aliphatic rings. The molecular formula is C26H31FN4O. The lowest BCUT2D eigenvalue weighted by atomic mass is 9.84. The first kappa shape index (κ1) is 20.2. The Balaban J connectivity index is 1.14. The number of H-pyrrole nitrogens is 1. The summed E-state index contributed by atoms with van der Waals surface area (Å²) in [6, 6.07) is 5.47. The second-order valence-corrected chi connectivity index (χ2v) is 10.3. The van der Waals surface area contributed by atoms with E-state index in [2.05, 4.69) is 20.9 Å². The molecule has 1 saturated carbocycles. The Hall–Kier alpha value is -2.47. The van der Waals surface area contributed by atoms with E-state index in [0.29, 0.717) is 11.5 Å². The summed E-state index contributed by atoms with van der Waals surface area (Å²) in [5, 5.41) is 0. The van der Waals surface area contributed by atoms with E-state index >= 15 is 0 Å². The number of nitrogens with one attached hydrogen (secondary N) is 1. The number of rotatable bonds is 3. The molecule has 1 spiro atoms. The van der Waals surface area contributed by atoms with Crippen LogP contribution < -0.4 is 10.5 Å². The van der Waals surface area contributed by atoms with E-state index in [1.54, 1.807) is 12.1 Å². The van der Waals surface area contributed by atoms with E-state index in [0.717, 1.165) is 80.2 Å². The summed E-state index contributed by atoms with van der Waals surface area (Å²) in [4.78, 5) is 25.7. The first-order chi connectivity index (χ1) is 15.5.